The number of benzene rings is 1. The van der Waals surface area contributed by atoms with Crippen LogP contribution in [0.15, 0.2) is 72.0 Å². The number of rotatable bonds is 9. The summed E-state index contributed by atoms with van der Waals surface area (Å²) in [5.74, 6) is -0.692. The van der Waals surface area contributed by atoms with E-state index in [1.807, 2.05) is 19.9 Å². The number of primary amides is 1. The third-order valence-corrected chi connectivity index (χ3v) is 8.13. The highest BCUT2D eigenvalue weighted by atomic mass is 35.5. The van der Waals surface area contributed by atoms with Gasteiger partial charge < -0.3 is 10.5 Å². The molecule has 0 aliphatic rings. The van der Waals surface area contributed by atoms with Gasteiger partial charge in [-0.3, -0.25) is 14.1 Å². The fourth-order valence-electron chi connectivity index (χ4n) is 4.47. The molecular weight excluding hydrogens is 554 g/mol. The van der Waals surface area contributed by atoms with Crippen LogP contribution < -0.4 is 10.5 Å². The molecule has 3 heterocycles. The number of ether oxygens (including phenoxy) is 1. The Hall–Kier alpha value is -3.96. The first-order valence-corrected chi connectivity index (χ1v) is 14.4. The van der Waals surface area contributed by atoms with Crippen LogP contribution in [0.25, 0.3) is 22.2 Å². The molecule has 12 heteroatoms. The highest BCUT2D eigenvalue weighted by molar-refractivity contribution is 7.92. The molecule has 0 spiro atoms. The number of halogens is 1. The molecule has 40 heavy (non-hydrogen) atoms. The van der Waals surface area contributed by atoms with Crippen molar-refractivity contribution in [2.24, 2.45) is 17.6 Å². The van der Waals surface area contributed by atoms with Gasteiger partial charge in [0, 0.05) is 41.0 Å². The van der Waals surface area contributed by atoms with Gasteiger partial charge in [0.05, 0.1) is 10.6 Å². The molecule has 1 atom stereocenters. The van der Waals surface area contributed by atoms with Crippen LogP contribution in [0, 0.1) is 11.8 Å². The smallest absolute Gasteiger partial charge is 0.405 e. The van der Waals surface area contributed by atoms with Crippen LogP contribution in [-0.2, 0) is 14.8 Å². The number of fused-ring (bicyclic) bond motifs is 1. The number of sulfonamides is 1. The lowest BCUT2D eigenvalue weighted by Gasteiger charge is -2.30. The van der Waals surface area contributed by atoms with Gasteiger partial charge in [-0.15, -0.1) is 0 Å². The van der Waals surface area contributed by atoms with E-state index in [0.29, 0.717) is 22.2 Å². The predicted octanol–water partition coefficient (Wildman–Crippen LogP) is 5.73. The summed E-state index contributed by atoms with van der Waals surface area (Å²) in [6.45, 7) is 7.29. The summed E-state index contributed by atoms with van der Waals surface area (Å²) in [5.41, 5.74) is 6.08. The number of carbonyl (C=O) groups excluding carboxylic acids is 2. The van der Waals surface area contributed by atoms with Crippen molar-refractivity contribution in [1.82, 2.24) is 14.5 Å². The first-order chi connectivity index (χ1) is 18.8. The number of pyridine rings is 2. The van der Waals surface area contributed by atoms with Crippen LogP contribution in [0.4, 0.5) is 10.5 Å². The van der Waals surface area contributed by atoms with Crippen LogP contribution in [-0.4, -0.2) is 40.6 Å². The second-order valence-corrected chi connectivity index (χ2v) is 12.4. The summed E-state index contributed by atoms with van der Waals surface area (Å²) in [4.78, 5) is 33.7. The molecule has 1 amide bonds. The van der Waals surface area contributed by atoms with Crippen molar-refractivity contribution >= 4 is 50.3 Å². The van der Waals surface area contributed by atoms with E-state index in [1.54, 1.807) is 56.6 Å². The third-order valence-electron chi connectivity index (χ3n) is 6.44. The van der Waals surface area contributed by atoms with Gasteiger partial charge in [0.15, 0.2) is 5.15 Å². The quantitative estimate of drug-likeness (QED) is 0.239. The average Bonchev–Trinajstić information content (AvgIpc) is 3.31. The Morgan fingerprint density at radius 3 is 2.38 bits per heavy atom. The van der Waals surface area contributed by atoms with Gasteiger partial charge in [0.2, 0.25) is 5.91 Å². The molecule has 0 fully saturated rings. The van der Waals surface area contributed by atoms with Gasteiger partial charge in [-0.1, -0.05) is 43.6 Å². The number of hydrogen-bond acceptors (Lipinski definition) is 7. The Kier molecular flexibility index (Phi) is 8.18. The first-order valence-electron chi connectivity index (χ1n) is 12.5. The Balaban J connectivity index is 1.63. The monoisotopic (exact) mass is 583 g/mol. The second-order valence-electron chi connectivity index (χ2n) is 10.4. The third kappa shape index (κ3) is 6.43. The SMILES string of the molecule is CC(C)[C@H](CC(C)(C)OC(N)=O)C(=O)n1ccc2cc(-c3cnc(Cl)c(NS(=O)(=O)c4ccccc4)c3)cnc21. The van der Waals surface area contributed by atoms with E-state index in [1.165, 1.54) is 22.9 Å². The van der Waals surface area contributed by atoms with E-state index in [-0.39, 0.29) is 34.0 Å². The average molecular weight is 584 g/mol. The number of nitrogens with two attached hydrogens (primary N) is 1. The van der Waals surface area contributed by atoms with Crippen LogP contribution in [0.3, 0.4) is 0 Å². The summed E-state index contributed by atoms with van der Waals surface area (Å²) in [6, 6.07) is 13.1. The molecule has 0 radical (unpaired) electrons. The highest BCUT2D eigenvalue weighted by Gasteiger charge is 2.33. The molecule has 0 aliphatic heterocycles. The molecule has 4 aromatic rings. The molecule has 210 valence electrons. The molecule has 0 saturated heterocycles. The van der Waals surface area contributed by atoms with Crippen molar-refractivity contribution in [3.05, 3.63) is 72.3 Å². The highest BCUT2D eigenvalue weighted by Crippen LogP contribution is 2.32. The summed E-state index contributed by atoms with van der Waals surface area (Å²) in [5, 5.41) is 0.694. The van der Waals surface area contributed by atoms with E-state index in [4.69, 9.17) is 22.1 Å². The minimum atomic E-state index is -3.88. The Bertz CT molecular complexity index is 1670. The van der Waals surface area contributed by atoms with Crippen LogP contribution >= 0.6 is 11.6 Å². The molecule has 0 bridgehead atoms. The molecule has 0 saturated carbocycles. The largest absolute Gasteiger partial charge is 0.444 e. The van der Waals surface area contributed by atoms with Crippen molar-refractivity contribution in [1.29, 1.82) is 0 Å². The van der Waals surface area contributed by atoms with Gasteiger partial charge in [-0.05, 0) is 56.5 Å². The minimum absolute atomic E-state index is 0.00277. The maximum atomic E-state index is 13.6. The maximum Gasteiger partial charge on any atom is 0.405 e. The normalized spacial score (nSPS) is 12.8. The molecular formula is C28H30ClN5O5S. The fraction of sp³-hybridized carbons (Fsp3) is 0.286. The number of nitrogens with one attached hydrogen (secondary N) is 1. The molecule has 1 aromatic carbocycles. The number of aromatic nitrogens is 3. The summed E-state index contributed by atoms with van der Waals surface area (Å²) < 4.78 is 34.8. The van der Waals surface area contributed by atoms with Gasteiger partial charge >= 0.3 is 6.09 Å². The standard InChI is InChI=1S/C28H30ClN5O5S/c1-17(2)22(14-28(3,4)39-27(30)36)26(35)34-11-10-18-12-19(16-32-25(18)34)20-13-23(24(29)31-15-20)33-40(37,38)21-8-6-5-7-9-21/h5-13,15-17,22,33H,14H2,1-4H3,(H2,30,36)/t22-/m0/s1. The zero-order chi connectivity index (χ0) is 29.2. The lowest BCUT2D eigenvalue weighted by molar-refractivity contribution is 0.0183. The number of amides is 1. The number of anilines is 1. The number of carbonyl (C=O) groups is 2. The lowest BCUT2D eigenvalue weighted by Crippen LogP contribution is -2.38. The van der Waals surface area contributed by atoms with Crippen LogP contribution in [0.1, 0.15) is 38.9 Å². The van der Waals surface area contributed by atoms with E-state index in [2.05, 4.69) is 14.7 Å². The van der Waals surface area contributed by atoms with Crippen molar-refractivity contribution in [2.75, 3.05) is 4.72 Å². The van der Waals surface area contributed by atoms with Crippen molar-refractivity contribution in [3.63, 3.8) is 0 Å². The summed E-state index contributed by atoms with van der Waals surface area (Å²) >= 11 is 6.21. The topological polar surface area (TPSA) is 146 Å². The zero-order valence-corrected chi connectivity index (χ0v) is 24.0. The van der Waals surface area contributed by atoms with Gasteiger partial charge in [0.25, 0.3) is 10.0 Å². The van der Waals surface area contributed by atoms with E-state index in [9.17, 15) is 18.0 Å². The lowest BCUT2D eigenvalue weighted by atomic mass is 9.84. The maximum absolute atomic E-state index is 13.6. The van der Waals surface area contributed by atoms with Crippen molar-refractivity contribution in [3.8, 4) is 11.1 Å². The molecule has 0 aliphatic carbocycles. The van der Waals surface area contributed by atoms with E-state index >= 15 is 0 Å². The van der Waals surface area contributed by atoms with Crippen LogP contribution in [0.5, 0.6) is 0 Å². The Morgan fingerprint density at radius 1 is 1.07 bits per heavy atom. The molecule has 3 aromatic heterocycles. The van der Waals surface area contributed by atoms with Crippen molar-refractivity contribution < 1.29 is 22.7 Å². The summed E-state index contributed by atoms with van der Waals surface area (Å²) in [6.07, 6.45) is 4.14. The molecule has 3 N–H and O–H groups in total. The number of nitrogens with zero attached hydrogens (tertiary/aromatic N) is 3. The van der Waals surface area contributed by atoms with Gasteiger partial charge in [-0.2, -0.15) is 0 Å². The Morgan fingerprint density at radius 2 is 1.73 bits per heavy atom. The molecule has 10 nitrogen and oxygen atoms in total. The second kappa shape index (κ2) is 11.3. The first kappa shape index (κ1) is 29.0. The molecule has 0 unspecified atom stereocenters. The predicted molar refractivity (Wildman–Crippen MR) is 154 cm³/mol. The number of hydrogen-bond donors (Lipinski definition) is 2. The van der Waals surface area contributed by atoms with Crippen LogP contribution in [0.2, 0.25) is 5.15 Å². The van der Waals surface area contributed by atoms with Crippen molar-refractivity contribution in [2.45, 2.75) is 44.6 Å². The summed E-state index contributed by atoms with van der Waals surface area (Å²) in [7, 11) is -3.88. The van der Waals surface area contributed by atoms with Gasteiger partial charge in [0.1, 0.15) is 11.2 Å². The minimum Gasteiger partial charge on any atom is -0.444 e. The molecule has 4 rings (SSSR count). The van der Waals surface area contributed by atoms with Gasteiger partial charge in [-0.25, -0.2) is 23.2 Å². The fourth-order valence-corrected chi connectivity index (χ4v) is 5.76. The Labute approximate surface area is 237 Å². The van der Waals surface area contributed by atoms with E-state index in [0.717, 1.165) is 0 Å². The zero-order valence-electron chi connectivity index (χ0n) is 22.5. The van der Waals surface area contributed by atoms with E-state index < -0.39 is 27.6 Å².